The first-order valence-electron chi connectivity index (χ1n) is 5.94. The van der Waals surface area contributed by atoms with E-state index in [1.54, 1.807) is 4.90 Å². The molecule has 0 aliphatic carbocycles. The Morgan fingerprint density at radius 1 is 1.59 bits per heavy atom. The van der Waals surface area contributed by atoms with Crippen LogP contribution < -0.4 is 11.4 Å². The molecule has 1 aromatic heterocycles. The molecule has 1 amide bonds. The van der Waals surface area contributed by atoms with Gasteiger partial charge in [-0.3, -0.25) is 4.79 Å². The van der Waals surface area contributed by atoms with Gasteiger partial charge in [-0.05, 0) is 26.2 Å². The number of aromatic amines is 2. The predicted molar refractivity (Wildman–Crippen MR) is 63.7 cm³/mol. The van der Waals surface area contributed by atoms with Crippen LogP contribution in [0.1, 0.15) is 36.7 Å². The van der Waals surface area contributed by atoms with Crippen molar-refractivity contribution in [3.05, 3.63) is 22.4 Å². The molecule has 2 unspecified atom stereocenters. The van der Waals surface area contributed by atoms with Crippen molar-refractivity contribution in [2.45, 2.75) is 38.3 Å². The standard InChI is InChI=1S/C11H18N4O2/c1-7-3-2-4-8(5-12)15(7)10(16)9-6-13-11(17)14-9/h6-8H,2-5,12H2,1H3,(H2,13,14,17). The zero-order valence-electron chi connectivity index (χ0n) is 9.90. The molecule has 0 radical (unpaired) electrons. The highest BCUT2D eigenvalue weighted by Gasteiger charge is 2.32. The van der Waals surface area contributed by atoms with Crippen molar-refractivity contribution in [3.8, 4) is 0 Å². The molecule has 6 nitrogen and oxygen atoms in total. The fourth-order valence-electron chi connectivity index (χ4n) is 2.47. The maximum absolute atomic E-state index is 12.3. The Morgan fingerprint density at radius 3 is 2.94 bits per heavy atom. The number of H-pyrrole nitrogens is 2. The zero-order chi connectivity index (χ0) is 12.4. The van der Waals surface area contributed by atoms with E-state index in [-0.39, 0.29) is 23.7 Å². The molecule has 1 aliphatic rings. The third-order valence-electron chi connectivity index (χ3n) is 3.36. The highest BCUT2D eigenvalue weighted by Crippen LogP contribution is 2.23. The smallest absolute Gasteiger partial charge is 0.323 e. The molecular formula is C11H18N4O2. The SMILES string of the molecule is CC1CCCC(CN)N1C(=O)c1c[nH]c(=O)[nH]1. The van der Waals surface area contributed by atoms with Gasteiger partial charge in [-0.25, -0.2) is 4.79 Å². The van der Waals surface area contributed by atoms with Gasteiger partial charge in [0.05, 0.1) is 0 Å². The normalized spacial score (nSPS) is 24.9. The Morgan fingerprint density at radius 2 is 2.35 bits per heavy atom. The minimum atomic E-state index is -0.359. The Balaban J connectivity index is 2.23. The van der Waals surface area contributed by atoms with E-state index in [9.17, 15) is 9.59 Å². The van der Waals surface area contributed by atoms with Crippen LogP contribution in [0.2, 0.25) is 0 Å². The summed E-state index contributed by atoms with van der Waals surface area (Å²) in [7, 11) is 0. The molecule has 4 N–H and O–H groups in total. The lowest BCUT2D eigenvalue weighted by Gasteiger charge is -2.40. The van der Waals surface area contributed by atoms with Crippen LogP contribution in [0.4, 0.5) is 0 Å². The Bertz CT molecular complexity index is 450. The maximum Gasteiger partial charge on any atom is 0.323 e. The number of carbonyl (C=O) groups is 1. The molecule has 94 valence electrons. The second-order valence-corrected chi connectivity index (χ2v) is 4.54. The number of hydrogen-bond acceptors (Lipinski definition) is 3. The summed E-state index contributed by atoms with van der Waals surface area (Å²) in [4.78, 5) is 30.0. The van der Waals surface area contributed by atoms with Crippen LogP contribution in [0.25, 0.3) is 0 Å². The number of aromatic nitrogens is 2. The molecule has 6 heteroatoms. The van der Waals surface area contributed by atoms with E-state index < -0.39 is 0 Å². The van der Waals surface area contributed by atoms with E-state index in [1.165, 1.54) is 6.20 Å². The van der Waals surface area contributed by atoms with Crippen molar-refractivity contribution in [1.29, 1.82) is 0 Å². The largest absolute Gasteiger partial charge is 0.330 e. The number of rotatable bonds is 2. The quantitative estimate of drug-likeness (QED) is 0.679. The zero-order valence-corrected chi connectivity index (χ0v) is 9.90. The number of likely N-dealkylation sites (tertiary alicyclic amines) is 1. The van der Waals surface area contributed by atoms with Gasteiger partial charge in [0.1, 0.15) is 5.69 Å². The average molecular weight is 238 g/mol. The fourth-order valence-corrected chi connectivity index (χ4v) is 2.47. The summed E-state index contributed by atoms with van der Waals surface area (Å²) in [6.07, 6.45) is 4.42. The molecule has 1 aliphatic heterocycles. The van der Waals surface area contributed by atoms with E-state index in [4.69, 9.17) is 5.73 Å². The molecule has 0 spiro atoms. The van der Waals surface area contributed by atoms with E-state index in [2.05, 4.69) is 9.97 Å². The van der Waals surface area contributed by atoms with Gasteiger partial charge >= 0.3 is 5.69 Å². The summed E-state index contributed by atoms with van der Waals surface area (Å²) in [5, 5.41) is 0. The Kier molecular flexibility index (Phi) is 3.33. The highest BCUT2D eigenvalue weighted by molar-refractivity contribution is 5.92. The molecule has 1 aromatic rings. The predicted octanol–water partition coefficient (Wildman–Crippen LogP) is 0.0449. The number of nitrogens with two attached hydrogens (primary N) is 1. The average Bonchev–Trinajstić information content (AvgIpc) is 2.74. The maximum atomic E-state index is 12.3. The summed E-state index contributed by atoms with van der Waals surface area (Å²) in [6.45, 7) is 2.48. The van der Waals surface area contributed by atoms with Gasteiger partial charge in [-0.1, -0.05) is 0 Å². The van der Waals surface area contributed by atoms with Crippen LogP contribution >= 0.6 is 0 Å². The lowest BCUT2D eigenvalue weighted by atomic mass is 9.96. The van der Waals surface area contributed by atoms with Crippen LogP contribution in [-0.2, 0) is 0 Å². The first-order valence-corrected chi connectivity index (χ1v) is 5.94. The van der Waals surface area contributed by atoms with Crippen molar-refractivity contribution in [2.75, 3.05) is 6.54 Å². The van der Waals surface area contributed by atoms with Gasteiger partial charge in [-0.2, -0.15) is 0 Å². The number of hydrogen-bond donors (Lipinski definition) is 3. The minimum absolute atomic E-state index is 0.0738. The van der Waals surface area contributed by atoms with Crippen LogP contribution in [-0.4, -0.2) is 39.4 Å². The van der Waals surface area contributed by atoms with Gasteiger partial charge in [-0.15, -0.1) is 0 Å². The van der Waals surface area contributed by atoms with E-state index in [0.717, 1.165) is 19.3 Å². The van der Waals surface area contributed by atoms with Gasteiger partial charge in [0.2, 0.25) is 0 Å². The van der Waals surface area contributed by atoms with Crippen LogP contribution in [0.15, 0.2) is 11.0 Å². The molecule has 0 saturated carbocycles. The molecule has 1 saturated heterocycles. The van der Waals surface area contributed by atoms with Gasteiger partial charge in [0, 0.05) is 24.8 Å². The van der Waals surface area contributed by atoms with Crippen LogP contribution in [0, 0.1) is 0 Å². The molecule has 0 aromatic carbocycles. The Hall–Kier alpha value is -1.56. The first kappa shape index (κ1) is 11.9. The highest BCUT2D eigenvalue weighted by atomic mass is 16.2. The molecule has 1 fully saturated rings. The van der Waals surface area contributed by atoms with Crippen molar-refractivity contribution in [3.63, 3.8) is 0 Å². The number of imidazole rings is 1. The molecule has 2 rings (SSSR count). The third-order valence-corrected chi connectivity index (χ3v) is 3.36. The summed E-state index contributed by atoms with van der Waals surface area (Å²) < 4.78 is 0. The lowest BCUT2D eigenvalue weighted by Crippen LogP contribution is -2.52. The number of carbonyl (C=O) groups excluding carboxylic acids is 1. The minimum Gasteiger partial charge on any atom is -0.330 e. The molecule has 2 atom stereocenters. The summed E-state index contributed by atoms with van der Waals surface area (Å²) in [6, 6.07) is 0.243. The Labute approximate surface area is 99.2 Å². The first-order chi connectivity index (χ1) is 8.13. The molecule has 17 heavy (non-hydrogen) atoms. The van der Waals surface area contributed by atoms with Gasteiger partial charge in [0.25, 0.3) is 5.91 Å². The van der Waals surface area contributed by atoms with Gasteiger partial charge in [0.15, 0.2) is 0 Å². The summed E-state index contributed by atoms with van der Waals surface area (Å²) in [5.41, 5.74) is 5.65. The number of nitrogens with zero attached hydrogens (tertiary/aromatic N) is 1. The van der Waals surface area contributed by atoms with Crippen molar-refractivity contribution in [1.82, 2.24) is 14.9 Å². The van der Waals surface area contributed by atoms with Crippen LogP contribution in [0.5, 0.6) is 0 Å². The number of nitrogens with one attached hydrogen (secondary N) is 2. The van der Waals surface area contributed by atoms with Crippen molar-refractivity contribution < 1.29 is 4.79 Å². The third kappa shape index (κ3) is 2.26. The fraction of sp³-hybridized carbons (Fsp3) is 0.636. The number of piperidine rings is 1. The van der Waals surface area contributed by atoms with E-state index in [1.807, 2.05) is 6.92 Å². The van der Waals surface area contributed by atoms with Gasteiger partial charge < -0.3 is 20.6 Å². The van der Waals surface area contributed by atoms with Crippen LogP contribution in [0.3, 0.4) is 0 Å². The monoisotopic (exact) mass is 238 g/mol. The topological polar surface area (TPSA) is 95.0 Å². The molecule has 0 bridgehead atoms. The lowest BCUT2D eigenvalue weighted by molar-refractivity contribution is 0.0488. The molecular weight excluding hydrogens is 220 g/mol. The van der Waals surface area contributed by atoms with Crippen molar-refractivity contribution >= 4 is 5.91 Å². The molecule has 2 heterocycles. The summed E-state index contributed by atoms with van der Waals surface area (Å²) in [5.74, 6) is -0.147. The summed E-state index contributed by atoms with van der Waals surface area (Å²) >= 11 is 0. The second kappa shape index (κ2) is 4.75. The van der Waals surface area contributed by atoms with E-state index in [0.29, 0.717) is 12.2 Å². The van der Waals surface area contributed by atoms with E-state index >= 15 is 0 Å². The van der Waals surface area contributed by atoms with Crippen molar-refractivity contribution in [2.24, 2.45) is 5.73 Å². The second-order valence-electron chi connectivity index (χ2n) is 4.54. The number of amides is 1.